The zero-order chi connectivity index (χ0) is 16.2. The van der Waals surface area contributed by atoms with E-state index in [-0.39, 0.29) is 0 Å². The van der Waals surface area contributed by atoms with E-state index in [0.29, 0.717) is 6.04 Å². The largest absolute Gasteiger partial charge is 0.304 e. The van der Waals surface area contributed by atoms with Gasteiger partial charge in [0.25, 0.3) is 0 Å². The van der Waals surface area contributed by atoms with Crippen LogP contribution in [0.1, 0.15) is 31.4 Å². The van der Waals surface area contributed by atoms with Crippen molar-refractivity contribution < 1.29 is 0 Å². The smallest absolute Gasteiger partial charge is 0.0406 e. The van der Waals surface area contributed by atoms with Crippen LogP contribution in [0, 0.1) is 5.92 Å². The summed E-state index contributed by atoms with van der Waals surface area (Å²) in [5.74, 6) is 0.882. The highest BCUT2D eigenvalue weighted by atomic mass is 35.5. The molecule has 1 aromatic carbocycles. The minimum Gasteiger partial charge on any atom is -0.304 e. The fourth-order valence-corrected chi connectivity index (χ4v) is 4.00. The van der Waals surface area contributed by atoms with Gasteiger partial charge >= 0.3 is 0 Å². The van der Waals surface area contributed by atoms with E-state index in [1.807, 2.05) is 12.1 Å². The van der Waals surface area contributed by atoms with Gasteiger partial charge in [-0.05, 0) is 63.5 Å². The molecule has 128 valence electrons. The summed E-state index contributed by atoms with van der Waals surface area (Å²) in [5, 5.41) is 0.826. The minimum absolute atomic E-state index is 0.497. The molecule has 2 aliphatic heterocycles. The average Bonchev–Trinajstić information content (AvgIpc) is 2.58. The molecular weight excluding hydrogens is 306 g/mol. The molecule has 23 heavy (non-hydrogen) atoms. The number of rotatable bonds is 4. The number of piperidine rings is 1. The molecule has 0 N–H and O–H groups in total. The summed E-state index contributed by atoms with van der Waals surface area (Å²) in [6.07, 6.45) is 2.68. The minimum atomic E-state index is 0.497. The number of nitrogens with zero attached hydrogens (tertiary/aromatic N) is 3. The number of likely N-dealkylation sites (N-methyl/N-ethyl adjacent to an activating group) is 1. The molecule has 0 aliphatic carbocycles. The lowest BCUT2D eigenvalue weighted by Gasteiger charge is -2.39. The molecule has 1 aromatic rings. The first-order chi connectivity index (χ1) is 11.1. The maximum Gasteiger partial charge on any atom is 0.0406 e. The van der Waals surface area contributed by atoms with Crippen molar-refractivity contribution in [2.24, 2.45) is 5.92 Å². The van der Waals surface area contributed by atoms with E-state index in [4.69, 9.17) is 11.6 Å². The highest BCUT2D eigenvalue weighted by Gasteiger charge is 2.25. The topological polar surface area (TPSA) is 9.72 Å². The maximum atomic E-state index is 6.00. The molecular formula is C19H30ClN3. The number of hydrogen-bond donors (Lipinski definition) is 0. The van der Waals surface area contributed by atoms with Crippen LogP contribution < -0.4 is 0 Å². The predicted octanol–water partition coefficient (Wildman–Crippen LogP) is 3.36. The first-order valence-corrected chi connectivity index (χ1v) is 9.40. The van der Waals surface area contributed by atoms with Gasteiger partial charge in [0, 0.05) is 43.8 Å². The lowest BCUT2D eigenvalue weighted by atomic mass is 9.94. The van der Waals surface area contributed by atoms with Crippen molar-refractivity contribution in [3.8, 4) is 0 Å². The number of benzene rings is 1. The van der Waals surface area contributed by atoms with Crippen molar-refractivity contribution in [2.45, 2.75) is 25.8 Å². The van der Waals surface area contributed by atoms with Crippen molar-refractivity contribution in [3.05, 3.63) is 34.9 Å². The van der Waals surface area contributed by atoms with Gasteiger partial charge in [-0.25, -0.2) is 0 Å². The zero-order valence-electron chi connectivity index (χ0n) is 14.5. The van der Waals surface area contributed by atoms with E-state index in [0.717, 1.165) is 10.9 Å². The molecule has 2 fully saturated rings. The molecule has 0 spiro atoms. The normalized spacial score (nSPS) is 24.0. The van der Waals surface area contributed by atoms with Crippen molar-refractivity contribution in [1.29, 1.82) is 0 Å². The summed E-state index contributed by atoms with van der Waals surface area (Å²) in [5.41, 5.74) is 1.38. The summed E-state index contributed by atoms with van der Waals surface area (Å²) < 4.78 is 0. The molecule has 0 amide bonds. The monoisotopic (exact) mass is 335 g/mol. The number of hydrogen-bond acceptors (Lipinski definition) is 3. The molecule has 2 heterocycles. The Morgan fingerprint density at radius 3 is 2.22 bits per heavy atom. The number of piperazine rings is 1. The lowest BCUT2D eigenvalue weighted by Crippen LogP contribution is -2.47. The Bertz CT molecular complexity index is 474. The van der Waals surface area contributed by atoms with Gasteiger partial charge in [-0.2, -0.15) is 0 Å². The van der Waals surface area contributed by atoms with Crippen molar-refractivity contribution in [1.82, 2.24) is 14.7 Å². The van der Waals surface area contributed by atoms with Crippen LogP contribution in [-0.2, 0) is 0 Å². The molecule has 0 radical (unpaired) electrons. The summed E-state index contributed by atoms with van der Waals surface area (Å²) in [7, 11) is 2.23. The van der Waals surface area contributed by atoms with E-state index in [2.05, 4.69) is 40.8 Å². The van der Waals surface area contributed by atoms with E-state index < -0.39 is 0 Å². The molecule has 4 heteroatoms. The van der Waals surface area contributed by atoms with E-state index in [1.165, 1.54) is 64.2 Å². The zero-order valence-corrected chi connectivity index (χ0v) is 15.3. The Labute approximate surface area is 146 Å². The van der Waals surface area contributed by atoms with Crippen LogP contribution in [0.4, 0.5) is 0 Å². The Kier molecular flexibility index (Phi) is 5.97. The Morgan fingerprint density at radius 1 is 1.00 bits per heavy atom. The molecule has 1 atom stereocenters. The average molecular weight is 336 g/mol. The first kappa shape index (κ1) is 17.2. The molecule has 2 saturated heterocycles. The fraction of sp³-hybridized carbons (Fsp3) is 0.684. The Balaban J connectivity index is 1.45. The van der Waals surface area contributed by atoms with Gasteiger partial charge in [0.1, 0.15) is 0 Å². The highest BCUT2D eigenvalue weighted by Crippen LogP contribution is 2.27. The van der Waals surface area contributed by atoms with Gasteiger partial charge in [-0.1, -0.05) is 23.7 Å². The second-order valence-corrected chi connectivity index (χ2v) is 7.75. The van der Waals surface area contributed by atoms with Gasteiger partial charge in [-0.3, -0.25) is 4.90 Å². The standard InChI is InChI=1S/C19H30ClN3/c1-16(18-3-5-19(20)6-4-18)23-9-7-17(8-10-23)15-22-13-11-21(2)12-14-22/h3-6,16-17H,7-15H2,1-2H3/t16-/m1/s1. The van der Waals surface area contributed by atoms with Gasteiger partial charge in [0.15, 0.2) is 0 Å². The van der Waals surface area contributed by atoms with E-state index in [9.17, 15) is 0 Å². The van der Waals surface area contributed by atoms with E-state index in [1.54, 1.807) is 0 Å². The summed E-state index contributed by atoms with van der Waals surface area (Å²) >= 11 is 6.00. The lowest BCUT2D eigenvalue weighted by molar-refractivity contribution is 0.0924. The van der Waals surface area contributed by atoms with Gasteiger partial charge in [0.05, 0.1) is 0 Å². The van der Waals surface area contributed by atoms with Crippen molar-refractivity contribution >= 4 is 11.6 Å². The maximum absolute atomic E-state index is 6.00. The van der Waals surface area contributed by atoms with Crippen LogP contribution in [0.5, 0.6) is 0 Å². The molecule has 0 bridgehead atoms. The number of likely N-dealkylation sites (tertiary alicyclic amines) is 1. The van der Waals surface area contributed by atoms with Crippen LogP contribution in [-0.4, -0.2) is 67.6 Å². The molecule has 3 nitrogen and oxygen atoms in total. The van der Waals surface area contributed by atoms with Gasteiger partial charge < -0.3 is 9.80 Å². The Hall–Kier alpha value is -0.610. The molecule has 0 aromatic heterocycles. The summed E-state index contributed by atoms with van der Waals surface area (Å²) in [6.45, 7) is 11.0. The molecule has 3 rings (SSSR count). The van der Waals surface area contributed by atoms with Crippen molar-refractivity contribution in [2.75, 3.05) is 52.9 Å². The third-order valence-corrected chi connectivity index (χ3v) is 5.91. The van der Waals surface area contributed by atoms with Crippen LogP contribution in [0.3, 0.4) is 0 Å². The predicted molar refractivity (Wildman–Crippen MR) is 98.1 cm³/mol. The molecule has 2 aliphatic rings. The highest BCUT2D eigenvalue weighted by molar-refractivity contribution is 6.30. The van der Waals surface area contributed by atoms with Crippen LogP contribution in [0.15, 0.2) is 24.3 Å². The fourth-order valence-electron chi connectivity index (χ4n) is 3.87. The SMILES string of the molecule is C[C@H](c1ccc(Cl)cc1)N1CCC(CN2CCN(C)CC2)CC1. The summed E-state index contributed by atoms with van der Waals surface area (Å²) in [6, 6.07) is 8.85. The third-order valence-electron chi connectivity index (χ3n) is 5.66. The van der Waals surface area contributed by atoms with Crippen molar-refractivity contribution in [3.63, 3.8) is 0 Å². The van der Waals surface area contributed by atoms with Crippen LogP contribution >= 0.6 is 11.6 Å². The molecule has 0 saturated carbocycles. The molecule has 0 unspecified atom stereocenters. The van der Waals surface area contributed by atoms with Crippen LogP contribution in [0.2, 0.25) is 5.02 Å². The first-order valence-electron chi connectivity index (χ1n) is 9.02. The van der Waals surface area contributed by atoms with Gasteiger partial charge in [0.2, 0.25) is 0 Å². The van der Waals surface area contributed by atoms with E-state index >= 15 is 0 Å². The third kappa shape index (κ3) is 4.69. The Morgan fingerprint density at radius 2 is 1.61 bits per heavy atom. The number of halogens is 1. The van der Waals surface area contributed by atoms with Crippen LogP contribution in [0.25, 0.3) is 0 Å². The summed E-state index contributed by atoms with van der Waals surface area (Å²) in [4.78, 5) is 7.74. The second kappa shape index (κ2) is 7.98. The second-order valence-electron chi connectivity index (χ2n) is 7.31. The van der Waals surface area contributed by atoms with Gasteiger partial charge in [-0.15, -0.1) is 0 Å². The quantitative estimate of drug-likeness (QED) is 0.835.